The predicted octanol–water partition coefficient (Wildman–Crippen LogP) is 1.84. The molecule has 0 unspecified atom stereocenters. The minimum atomic E-state index is -0.0688. The van der Waals surface area contributed by atoms with Crippen LogP contribution in [0, 0.1) is 5.92 Å². The third-order valence-electron chi connectivity index (χ3n) is 4.04. The minimum absolute atomic E-state index is 0.0616. The summed E-state index contributed by atoms with van der Waals surface area (Å²) >= 11 is 0. The third kappa shape index (κ3) is 4.94. The molecule has 1 aromatic heterocycles. The summed E-state index contributed by atoms with van der Waals surface area (Å²) < 4.78 is 0. The van der Waals surface area contributed by atoms with Crippen molar-refractivity contribution in [3.05, 3.63) is 24.0 Å². The van der Waals surface area contributed by atoms with Crippen molar-refractivity contribution in [2.75, 3.05) is 38.0 Å². The number of piperazine rings is 1. The maximum Gasteiger partial charge on any atom is 0.272 e. The van der Waals surface area contributed by atoms with Gasteiger partial charge in [-0.3, -0.25) is 14.6 Å². The molecule has 2 amide bonds. The number of hydrogen-bond donors (Lipinski definition) is 1. The number of pyridine rings is 1. The van der Waals surface area contributed by atoms with E-state index in [4.69, 9.17) is 0 Å². The molecule has 126 valence electrons. The highest BCUT2D eigenvalue weighted by molar-refractivity contribution is 5.93. The second-order valence-corrected chi connectivity index (χ2v) is 6.34. The van der Waals surface area contributed by atoms with Crippen LogP contribution in [-0.4, -0.2) is 59.3 Å². The molecule has 0 atom stereocenters. The molecule has 0 aliphatic carbocycles. The van der Waals surface area contributed by atoms with Gasteiger partial charge in [0.2, 0.25) is 5.91 Å². The average Bonchev–Trinajstić information content (AvgIpc) is 2.54. The SMILES string of the molecule is CC(=O)N1CCN(C(=O)c2cc(NCCC(C)C)ccn2)CC1. The van der Waals surface area contributed by atoms with Crippen LogP contribution in [0.3, 0.4) is 0 Å². The lowest BCUT2D eigenvalue weighted by Gasteiger charge is -2.34. The maximum absolute atomic E-state index is 12.5. The first-order valence-electron chi connectivity index (χ1n) is 8.22. The van der Waals surface area contributed by atoms with Gasteiger partial charge in [-0.25, -0.2) is 0 Å². The number of aromatic nitrogens is 1. The number of hydrogen-bond acceptors (Lipinski definition) is 4. The Kier molecular flexibility index (Phi) is 5.96. The van der Waals surface area contributed by atoms with Gasteiger partial charge >= 0.3 is 0 Å². The van der Waals surface area contributed by atoms with Crippen molar-refractivity contribution in [1.82, 2.24) is 14.8 Å². The van der Waals surface area contributed by atoms with Gasteiger partial charge in [0, 0.05) is 51.5 Å². The molecule has 0 aromatic carbocycles. The molecule has 0 spiro atoms. The van der Waals surface area contributed by atoms with Gasteiger partial charge in [0.15, 0.2) is 0 Å². The van der Waals surface area contributed by atoms with Crippen molar-refractivity contribution < 1.29 is 9.59 Å². The second kappa shape index (κ2) is 7.94. The number of amides is 2. The quantitative estimate of drug-likeness (QED) is 0.900. The van der Waals surface area contributed by atoms with E-state index in [0.717, 1.165) is 18.7 Å². The molecule has 2 heterocycles. The van der Waals surface area contributed by atoms with E-state index in [-0.39, 0.29) is 11.8 Å². The van der Waals surface area contributed by atoms with Crippen LogP contribution in [-0.2, 0) is 4.79 Å². The van der Waals surface area contributed by atoms with Crippen molar-refractivity contribution in [1.29, 1.82) is 0 Å². The molecular weight excluding hydrogens is 292 g/mol. The lowest BCUT2D eigenvalue weighted by atomic mass is 10.1. The standard InChI is InChI=1S/C17H26N4O2/c1-13(2)4-6-18-15-5-7-19-16(12-15)17(23)21-10-8-20(9-11-21)14(3)22/h5,7,12-13H,4,6,8-11H2,1-3H3,(H,18,19). The van der Waals surface area contributed by atoms with Gasteiger partial charge in [0.25, 0.3) is 5.91 Å². The van der Waals surface area contributed by atoms with Crippen LogP contribution in [0.2, 0.25) is 0 Å². The minimum Gasteiger partial charge on any atom is -0.385 e. The number of rotatable bonds is 5. The Balaban J connectivity index is 1.93. The van der Waals surface area contributed by atoms with E-state index in [9.17, 15) is 9.59 Å². The lowest BCUT2D eigenvalue weighted by molar-refractivity contribution is -0.130. The highest BCUT2D eigenvalue weighted by Crippen LogP contribution is 2.13. The lowest BCUT2D eigenvalue weighted by Crippen LogP contribution is -2.50. The Bertz CT molecular complexity index is 551. The van der Waals surface area contributed by atoms with Gasteiger partial charge in [-0.1, -0.05) is 13.8 Å². The summed E-state index contributed by atoms with van der Waals surface area (Å²) in [6.07, 6.45) is 2.75. The van der Waals surface area contributed by atoms with E-state index in [1.165, 1.54) is 0 Å². The zero-order valence-corrected chi connectivity index (χ0v) is 14.2. The van der Waals surface area contributed by atoms with Gasteiger partial charge in [-0.05, 0) is 24.5 Å². The van der Waals surface area contributed by atoms with Gasteiger partial charge in [-0.2, -0.15) is 0 Å². The largest absolute Gasteiger partial charge is 0.385 e. The van der Waals surface area contributed by atoms with E-state index >= 15 is 0 Å². The fraction of sp³-hybridized carbons (Fsp3) is 0.588. The Morgan fingerprint density at radius 3 is 2.48 bits per heavy atom. The Hall–Kier alpha value is -2.11. The third-order valence-corrected chi connectivity index (χ3v) is 4.04. The number of anilines is 1. The first kappa shape index (κ1) is 17.2. The maximum atomic E-state index is 12.5. The Labute approximate surface area is 137 Å². The van der Waals surface area contributed by atoms with Crippen molar-refractivity contribution in [3.63, 3.8) is 0 Å². The molecule has 1 aromatic rings. The molecule has 1 saturated heterocycles. The van der Waals surface area contributed by atoms with E-state index < -0.39 is 0 Å². The van der Waals surface area contributed by atoms with E-state index in [0.29, 0.717) is 37.8 Å². The first-order chi connectivity index (χ1) is 11.0. The molecular formula is C17H26N4O2. The fourth-order valence-electron chi connectivity index (χ4n) is 2.55. The van der Waals surface area contributed by atoms with Crippen molar-refractivity contribution in [3.8, 4) is 0 Å². The number of nitrogens with one attached hydrogen (secondary N) is 1. The van der Waals surface area contributed by atoms with Gasteiger partial charge in [-0.15, -0.1) is 0 Å². The number of carbonyl (C=O) groups is 2. The summed E-state index contributed by atoms with van der Waals surface area (Å²) in [5, 5.41) is 3.33. The molecule has 0 saturated carbocycles. The molecule has 1 fully saturated rings. The van der Waals surface area contributed by atoms with Crippen LogP contribution in [0.1, 0.15) is 37.7 Å². The molecule has 2 rings (SSSR count). The highest BCUT2D eigenvalue weighted by atomic mass is 16.2. The van der Waals surface area contributed by atoms with Crippen molar-refractivity contribution >= 4 is 17.5 Å². The van der Waals surface area contributed by atoms with Crippen molar-refractivity contribution in [2.24, 2.45) is 5.92 Å². The Morgan fingerprint density at radius 2 is 1.87 bits per heavy atom. The molecule has 1 N–H and O–H groups in total. The summed E-state index contributed by atoms with van der Waals surface area (Å²) in [4.78, 5) is 31.6. The molecule has 1 aliphatic heterocycles. The van der Waals surface area contributed by atoms with Gasteiger partial charge in [0.05, 0.1) is 0 Å². The van der Waals surface area contributed by atoms with Crippen LogP contribution in [0.5, 0.6) is 0 Å². The molecule has 0 bridgehead atoms. The van der Waals surface area contributed by atoms with E-state index in [1.807, 2.05) is 6.07 Å². The van der Waals surface area contributed by atoms with E-state index in [1.54, 1.807) is 29.0 Å². The number of carbonyl (C=O) groups excluding carboxylic acids is 2. The number of nitrogens with zero attached hydrogens (tertiary/aromatic N) is 3. The monoisotopic (exact) mass is 318 g/mol. The predicted molar refractivity (Wildman–Crippen MR) is 90.3 cm³/mol. The van der Waals surface area contributed by atoms with Crippen LogP contribution in [0.4, 0.5) is 5.69 Å². The molecule has 23 heavy (non-hydrogen) atoms. The fourth-order valence-corrected chi connectivity index (χ4v) is 2.55. The van der Waals surface area contributed by atoms with Crippen LogP contribution in [0.25, 0.3) is 0 Å². The normalized spacial score (nSPS) is 15.0. The van der Waals surface area contributed by atoms with Crippen molar-refractivity contribution in [2.45, 2.75) is 27.2 Å². The summed E-state index contributed by atoms with van der Waals surface area (Å²) in [6.45, 7) is 9.11. The first-order valence-corrected chi connectivity index (χ1v) is 8.22. The van der Waals surface area contributed by atoms with Crippen LogP contribution < -0.4 is 5.32 Å². The topological polar surface area (TPSA) is 65.5 Å². The highest BCUT2D eigenvalue weighted by Gasteiger charge is 2.24. The summed E-state index contributed by atoms with van der Waals surface area (Å²) in [5.74, 6) is 0.635. The zero-order valence-electron chi connectivity index (χ0n) is 14.2. The van der Waals surface area contributed by atoms with Gasteiger partial charge in [0.1, 0.15) is 5.69 Å². The summed E-state index contributed by atoms with van der Waals surface area (Å²) in [5.41, 5.74) is 1.38. The zero-order chi connectivity index (χ0) is 16.8. The average molecular weight is 318 g/mol. The Morgan fingerprint density at radius 1 is 1.22 bits per heavy atom. The molecule has 6 heteroatoms. The molecule has 6 nitrogen and oxygen atoms in total. The molecule has 1 aliphatic rings. The van der Waals surface area contributed by atoms with E-state index in [2.05, 4.69) is 24.1 Å². The molecule has 0 radical (unpaired) electrons. The summed E-state index contributed by atoms with van der Waals surface area (Å²) in [7, 11) is 0. The van der Waals surface area contributed by atoms with Gasteiger partial charge < -0.3 is 15.1 Å². The second-order valence-electron chi connectivity index (χ2n) is 6.34. The summed E-state index contributed by atoms with van der Waals surface area (Å²) in [6, 6.07) is 3.69. The van der Waals surface area contributed by atoms with Crippen LogP contribution in [0.15, 0.2) is 18.3 Å². The van der Waals surface area contributed by atoms with Crippen LogP contribution >= 0.6 is 0 Å². The smallest absolute Gasteiger partial charge is 0.272 e.